The molecule has 2 nitrogen and oxygen atoms in total. The summed E-state index contributed by atoms with van der Waals surface area (Å²) >= 11 is 0. The molecular weight excluding hydrogens is 619 g/mol. The Morgan fingerprint density at radius 2 is 1.04 bits per heavy atom. The van der Waals surface area contributed by atoms with Crippen molar-refractivity contribution >= 4 is 60.5 Å². The SMILES string of the molecule is Cc1ccccc1N(c1ccc2cc3c(cc2c1)-c1cc2ccc(-c4ccccc4)cc2cc1-3)c1cccc2c1oc1c(C(C)(C)C)cccc12. The van der Waals surface area contributed by atoms with Gasteiger partial charge in [0.05, 0.1) is 5.69 Å². The average Bonchev–Trinajstić information content (AvgIpc) is 3.54. The number of hydrogen-bond donors (Lipinski definition) is 0. The highest BCUT2D eigenvalue weighted by Gasteiger charge is 2.26. The van der Waals surface area contributed by atoms with Crippen LogP contribution in [0.25, 0.3) is 76.9 Å². The Morgan fingerprint density at radius 1 is 0.451 bits per heavy atom. The topological polar surface area (TPSA) is 16.4 Å². The van der Waals surface area contributed by atoms with Gasteiger partial charge in [-0.05, 0) is 127 Å². The van der Waals surface area contributed by atoms with Gasteiger partial charge in [0.25, 0.3) is 0 Å². The number of fused-ring (bicyclic) bond motifs is 9. The Hall–Kier alpha value is -6.12. The molecule has 0 N–H and O–H groups in total. The molecule has 0 radical (unpaired) electrons. The highest BCUT2D eigenvalue weighted by molar-refractivity contribution is 6.14. The van der Waals surface area contributed by atoms with E-state index in [0.29, 0.717) is 0 Å². The molecule has 1 aliphatic rings. The normalized spacial score (nSPS) is 12.3. The molecule has 51 heavy (non-hydrogen) atoms. The van der Waals surface area contributed by atoms with E-state index in [1.165, 1.54) is 66.1 Å². The van der Waals surface area contributed by atoms with Crippen LogP contribution in [0.1, 0.15) is 31.9 Å². The summed E-state index contributed by atoms with van der Waals surface area (Å²) in [6.07, 6.45) is 0. The first-order chi connectivity index (χ1) is 24.8. The van der Waals surface area contributed by atoms with Crippen molar-refractivity contribution in [2.75, 3.05) is 4.90 Å². The number of anilines is 3. The minimum Gasteiger partial charge on any atom is -0.454 e. The lowest BCUT2D eigenvalue weighted by atomic mass is 9.77. The van der Waals surface area contributed by atoms with Crippen molar-refractivity contribution in [3.63, 3.8) is 0 Å². The van der Waals surface area contributed by atoms with Gasteiger partial charge in [0.2, 0.25) is 0 Å². The minimum absolute atomic E-state index is 0.0425. The Labute approximate surface area is 298 Å². The van der Waals surface area contributed by atoms with Gasteiger partial charge in [0.1, 0.15) is 5.58 Å². The molecular formula is C49H37NO. The summed E-state index contributed by atoms with van der Waals surface area (Å²) in [6, 6.07) is 55.6. The Bertz CT molecular complexity index is 2850. The van der Waals surface area contributed by atoms with Gasteiger partial charge in [-0.3, -0.25) is 0 Å². The molecule has 0 unspecified atom stereocenters. The largest absolute Gasteiger partial charge is 0.454 e. The van der Waals surface area contributed by atoms with Crippen LogP contribution in [-0.2, 0) is 5.41 Å². The molecule has 0 bridgehead atoms. The second-order valence-corrected chi connectivity index (χ2v) is 15.1. The smallest absolute Gasteiger partial charge is 0.159 e. The van der Waals surface area contributed by atoms with Gasteiger partial charge in [-0.15, -0.1) is 0 Å². The predicted octanol–water partition coefficient (Wildman–Crippen LogP) is 14.3. The second-order valence-electron chi connectivity index (χ2n) is 15.1. The standard InChI is InChI=1S/C49H37NO/c1-30-12-8-9-18-45(30)50(46-19-11-16-39-38-15-10-17-44(49(2,3)4)47(38)51-48(39)46)37-23-22-34-27-41-42-28-35-24-32(31-13-6-5-7-14-31)20-21-33(35)26-40(42)43(41)29-36(34)25-37/h5-29H,1-4H3. The minimum atomic E-state index is -0.0425. The van der Waals surface area contributed by atoms with Crippen LogP contribution in [0.4, 0.5) is 17.1 Å². The monoisotopic (exact) mass is 655 g/mol. The first-order valence-electron chi connectivity index (χ1n) is 17.8. The zero-order valence-electron chi connectivity index (χ0n) is 29.3. The van der Waals surface area contributed by atoms with Gasteiger partial charge in [0.15, 0.2) is 5.58 Å². The van der Waals surface area contributed by atoms with Gasteiger partial charge in [-0.1, -0.05) is 118 Å². The summed E-state index contributed by atoms with van der Waals surface area (Å²) in [6.45, 7) is 8.94. The molecule has 0 saturated heterocycles. The number of aryl methyl sites for hydroxylation is 1. The maximum atomic E-state index is 6.90. The van der Waals surface area contributed by atoms with Crippen LogP contribution < -0.4 is 4.90 Å². The summed E-state index contributed by atoms with van der Waals surface area (Å²) in [4.78, 5) is 2.38. The maximum absolute atomic E-state index is 6.90. The molecule has 0 saturated carbocycles. The number of hydrogen-bond acceptors (Lipinski definition) is 2. The molecule has 0 amide bonds. The molecule has 0 spiro atoms. The first-order valence-corrected chi connectivity index (χ1v) is 17.8. The molecule has 0 aliphatic heterocycles. The van der Waals surface area contributed by atoms with Gasteiger partial charge in [-0.25, -0.2) is 0 Å². The lowest BCUT2D eigenvalue weighted by molar-refractivity contribution is 0.573. The van der Waals surface area contributed by atoms with Crippen molar-refractivity contribution in [1.82, 2.24) is 0 Å². The van der Waals surface area contributed by atoms with E-state index in [0.717, 1.165) is 39.0 Å². The number of rotatable bonds is 4. The van der Waals surface area contributed by atoms with Crippen LogP contribution in [0.5, 0.6) is 0 Å². The molecule has 1 aromatic heterocycles. The predicted molar refractivity (Wildman–Crippen MR) is 217 cm³/mol. The number of furan rings is 1. The molecule has 0 atom stereocenters. The van der Waals surface area contributed by atoms with E-state index in [2.05, 4.69) is 184 Å². The zero-order valence-corrected chi connectivity index (χ0v) is 29.3. The molecule has 2 heteroatoms. The van der Waals surface area contributed by atoms with Gasteiger partial charge >= 0.3 is 0 Å². The van der Waals surface area contributed by atoms with E-state index in [1.807, 2.05) is 0 Å². The van der Waals surface area contributed by atoms with E-state index < -0.39 is 0 Å². The summed E-state index contributed by atoms with van der Waals surface area (Å²) in [7, 11) is 0. The lowest BCUT2D eigenvalue weighted by Gasteiger charge is -2.28. The maximum Gasteiger partial charge on any atom is 0.159 e. The number of benzene rings is 8. The van der Waals surface area contributed by atoms with Gasteiger partial charge in [-0.2, -0.15) is 0 Å². The van der Waals surface area contributed by atoms with Crippen molar-refractivity contribution in [3.8, 4) is 33.4 Å². The van der Waals surface area contributed by atoms with Crippen LogP contribution in [0.2, 0.25) is 0 Å². The number of para-hydroxylation sites is 3. The van der Waals surface area contributed by atoms with Crippen LogP contribution in [-0.4, -0.2) is 0 Å². The van der Waals surface area contributed by atoms with Crippen molar-refractivity contribution in [1.29, 1.82) is 0 Å². The van der Waals surface area contributed by atoms with Crippen LogP contribution in [0.3, 0.4) is 0 Å². The van der Waals surface area contributed by atoms with Crippen molar-refractivity contribution in [3.05, 3.63) is 163 Å². The Balaban J connectivity index is 1.12. The summed E-state index contributed by atoms with van der Waals surface area (Å²) in [5.74, 6) is 0. The molecule has 244 valence electrons. The highest BCUT2D eigenvalue weighted by atomic mass is 16.3. The van der Waals surface area contributed by atoms with Crippen molar-refractivity contribution in [2.24, 2.45) is 0 Å². The Kier molecular flexibility index (Phi) is 6.38. The van der Waals surface area contributed by atoms with Crippen LogP contribution >= 0.6 is 0 Å². The number of nitrogens with zero attached hydrogens (tertiary/aromatic N) is 1. The summed E-state index contributed by atoms with van der Waals surface area (Å²) in [5.41, 5.74) is 15.3. The zero-order chi connectivity index (χ0) is 34.4. The van der Waals surface area contributed by atoms with E-state index in [9.17, 15) is 0 Å². The van der Waals surface area contributed by atoms with E-state index in [-0.39, 0.29) is 5.41 Å². The van der Waals surface area contributed by atoms with E-state index in [1.54, 1.807) is 0 Å². The summed E-state index contributed by atoms with van der Waals surface area (Å²) in [5, 5.41) is 7.30. The average molecular weight is 656 g/mol. The fourth-order valence-electron chi connectivity index (χ4n) is 8.16. The Morgan fingerprint density at radius 3 is 1.75 bits per heavy atom. The third-order valence-corrected chi connectivity index (χ3v) is 10.8. The molecule has 9 aromatic rings. The van der Waals surface area contributed by atoms with Crippen molar-refractivity contribution in [2.45, 2.75) is 33.1 Å². The lowest BCUT2D eigenvalue weighted by Crippen LogP contribution is -2.11. The quantitative estimate of drug-likeness (QED) is 0.188. The molecule has 0 fully saturated rings. The highest BCUT2D eigenvalue weighted by Crippen LogP contribution is 2.51. The molecule has 1 heterocycles. The fraction of sp³-hybridized carbons (Fsp3) is 0.102. The van der Waals surface area contributed by atoms with Gasteiger partial charge < -0.3 is 9.32 Å². The molecule has 1 aliphatic carbocycles. The second kappa shape index (κ2) is 10.9. The van der Waals surface area contributed by atoms with Gasteiger partial charge in [0, 0.05) is 27.7 Å². The van der Waals surface area contributed by atoms with E-state index in [4.69, 9.17) is 4.42 Å². The first kappa shape index (κ1) is 29.8. The third-order valence-electron chi connectivity index (χ3n) is 10.8. The molecule has 8 aromatic carbocycles. The van der Waals surface area contributed by atoms with Crippen LogP contribution in [0.15, 0.2) is 156 Å². The summed E-state index contributed by atoms with van der Waals surface area (Å²) < 4.78 is 6.90. The molecule has 10 rings (SSSR count). The van der Waals surface area contributed by atoms with Crippen molar-refractivity contribution < 1.29 is 4.42 Å². The van der Waals surface area contributed by atoms with Crippen LogP contribution in [0, 0.1) is 6.92 Å². The van der Waals surface area contributed by atoms with E-state index >= 15 is 0 Å². The fourth-order valence-corrected chi connectivity index (χ4v) is 8.16. The third kappa shape index (κ3) is 4.63.